The Balaban J connectivity index is 1.74. The number of hydrogen-bond acceptors (Lipinski definition) is 3. The second-order valence-electron chi connectivity index (χ2n) is 6.11. The second kappa shape index (κ2) is 6.46. The van der Waals surface area contributed by atoms with E-state index in [1.165, 1.54) is 16.8 Å². The van der Waals surface area contributed by atoms with E-state index < -0.39 is 11.7 Å². The third kappa shape index (κ3) is 2.82. The van der Waals surface area contributed by atoms with Crippen molar-refractivity contribution in [2.45, 2.75) is 19.3 Å². The molecule has 0 aliphatic heterocycles. The number of rotatable bonds is 3. The van der Waals surface area contributed by atoms with Crippen LogP contribution in [0, 0.1) is 5.82 Å². The van der Waals surface area contributed by atoms with E-state index in [2.05, 4.69) is 10.4 Å². The highest BCUT2D eigenvalue weighted by molar-refractivity contribution is 6.30. The molecular formula is C19H15ClFN3O2. The molecular weight excluding hydrogens is 357 g/mol. The van der Waals surface area contributed by atoms with E-state index in [-0.39, 0.29) is 17.1 Å². The number of carbonyl (C=O) groups is 1. The van der Waals surface area contributed by atoms with E-state index in [1.807, 2.05) is 0 Å². The van der Waals surface area contributed by atoms with E-state index in [9.17, 15) is 14.3 Å². The molecule has 2 aromatic carbocycles. The van der Waals surface area contributed by atoms with Gasteiger partial charge >= 0.3 is 0 Å². The number of phenolic OH excluding ortho intramolecular Hbond substituents is 1. The Morgan fingerprint density at radius 1 is 1.23 bits per heavy atom. The minimum atomic E-state index is -0.498. The maximum atomic E-state index is 14.3. The molecule has 0 spiro atoms. The molecule has 3 aromatic rings. The number of amides is 1. The maximum Gasteiger partial charge on any atom is 0.276 e. The summed E-state index contributed by atoms with van der Waals surface area (Å²) in [6.45, 7) is 0. The van der Waals surface area contributed by atoms with Crippen molar-refractivity contribution in [3.8, 4) is 11.4 Å². The number of fused-ring (bicyclic) bond motifs is 1. The lowest BCUT2D eigenvalue weighted by atomic mass is 10.2. The van der Waals surface area contributed by atoms with Crippen LogP contribution in [0.2, 0.25) is 5.02 Å². The molecule has 132 valence electrons. The molecule has 1 heterocycles. The molecule has 1 aliphatic carbocycles. The molecule has 1 amide bonds. The quantitative estimate of drug-likeness (QED) is 0.681. The van der Waals surface area contributed by atoms with Crippen molar-refractivity contribution in [2.75, 3.05) is 5.32 Å². The third-order valence-corrected chi connectivity index (χ3v) is 4.67. The summed E-state index contributed by atoms with van der Waals surface area (Å²) in [5, 5.41) is 17.2. The van der Waals surface area contributed by atoms with Gasteiger partial charge in [-0.1, -0.05) is 23.7 Å². The first-order valence-electron chi connectivity index (χ1n) is 8.20. The highest BCUT2D eigenvalue weighted by Gasteiger charge is 2.28. The zero-order valence-corrected chi connectivity index (χ0v) is 14.4. The van der Waals surface area contributed by atoms with Gasteiger partial charge < -0.3 is 10.4 Å². The summed E-state index contributed by atoms with van der Waals surface area (Å²) < 4.78 is 15.8. The zero-order valence-electron chi connectivity index (χ0n) is 13.7. The largest absolute Gasteiger partial charge is 0.506 e. The number of benzene rings is 2. The lowest BCUT2D eigenvalue weighted by molar-refractivity contribution is 0.102. The number of para-hydroxylation sites is 2. The summed E-state index contributed by atoms with van der Waals surface area (Å²) in [5.41, 5.74) is 2.45. The van der Waals surface area contributed by atoms with Crippen LogP contribution in [0.5, 0.6) is 5.75 Å². The fourth-order valence-electron chi connectivity index (χ4n) is 3.23. The Kier molecular flexibility index (Phi) is 4.12. The van der Waals surface area contributed by atoms with Gasteiger partial charge in [0.1, 0.15) is 17.3 Å². The fourth-order valence-corrected chi connectivity index (χ4v) is 3.39. The fraction of sp³-hybridized carbons (Fsp3) is 0.158. The zero-order chi connectivity index (χ0) is 18.3. The van der Waals surface area contributed by atoms with Gasteiger partial charge in [-0.2, -0.15) is 5.10 Å². The molecule has 1 aromatic heterocycles. The number of aromatic hydroxyl groups is 1. The highest BCUT2D eigenvalue weighted by Crippen LogP contribution is 2.30. The van der Waals surface area contributed by atoms with Gasteiger partial charge in [0.2, 0.25) is 0 Å². The molecule has 1 aliphatic rings. The van der Waals surface area contributed by atoms with Gasteiger partial charge in [0.05, 0.1) is 5.69 Å². The van der Waals surface area contributed by atoms with Crippen LogP contribution in [-0.4, -0.2) is 20.8 Å². The molecule has 0 fully saturated rings. The van der Waals surface area contributed by atoms with Crippen LogP contribution in [0.15, 0.2) is 42.5 Å². The highest BCUT2D eigenvalue weighted by atomic mass is 35.5. The number of nitrogens with one attached hydrogen (secondary N) is 1. The first-order chi connectivity index (χ1) is 12.5. The number of aromatic nitrogens is 2. The normalized spacial score (nSPS) is 12.8. The van der Waals surface area contributed by atoms with Crippen molar-refractivity contribution in [3.63, 3.8) is 0 Å². The van der Waals surface area contributed by atoms with Gasteiger partial charge in [0, 0.05) is 16.3 Å². The van der Waals surface area contributed by atoms with Crippen molar-refractivity contribution in [2.24, 2.45) is 0 Å². The predicted octanol–water partition coefficient (Wildman–Crippen LogP) is 4.11. The monoisotopic (exact) mass is 371 g/mol. The molecule has 0 radical (unpaired) electrons. The van der Waals surface area contributed by atoms with E-state index in [1.54, 1.807) is 30.3 Å². The molecule has 0 saturated carbocycles. The maximum absolute atomic E-state index is 14.3. The minimum absolute atomic E-state index is 0.0272. The minimum Gasteiger partial charge on any atom is -0.506 e. The molecule has 5 nitrogen and oxygen atoms in total. The van der Waals surface area contributed by atoms with E-state index in [0.29, 0.717) is 23.6 Å². The number of nitrogens with zero attached hydrogens (tertiary/aromatic N) is 2. The average molecular weight is 372 g/mol. The summed E-state index contributed by atoms with van der Waals surface area (Å²) in [7, 11) is 0. The van der Waals surface area contributed by atoms with Crippen molar-refractivity contribution < 1.29 is 14.3 Å². The van der Waals surface area contributed by atoms with Crippen LogP contribution >= 0.6 is 11.6 Å². The van der Waals surface area contributed by atoms with Crippen LogP contribution in [0.1, 0.15) is 28.2 Å². The van der Waals surface area contributed by atoms with Crippen molar-refractivity contribution in [1.82, 2.24) is 9.78 Å². The molecule has 0 atom stereocenters. The van der Waals surface area contributed by atoms with Gasteiger partial charge in [-0.25, -0.2) is 9.07 Å². The van der Waals surface area contributed by atoms with Crippen molar-refractivity contribution >= 4 is 23.2 Å². The van der Waals surface area contributed by atoms with Gasteiger partial charge in [-0.3, -0.25) is 4.79 Å². The second-order valence-corrected chi connectivity index (χ2v) is 6.54. The first kappa shape index (κ1) is 16.6. The Bertz CT molecular complexity index is 1020. The number of phenols is 1. The number of hydrogen-bond donors (Lipinski definition) is 2. The molecule has 4 rings (SSSR count). The van der Waals surface area contributed by atoms with Crippen LogP contribution in [0.25, 0.3) is 5.69 Å². The smallest absolute Gasteiger partial charge is 0.276 e. The summed E-state index contributed by atoms with van der Waals surface area (Å²) in [6, 6.07) is 10.8. The van der Waals surface area contributed by atoms with Gasteiger partial charge in [0.15, 0.2) is 5.69 Å². The summed E-state index contributed by atoms with van der Waals surface area (Å²) in [6.07, 6.45) is 2.29. The van der Waals surface area contributed by atoms with Gasteiger partial charge in [0.25, 0.3) is 5.91 Å². The van der Waals surface area contributed by atoms with Crippen LogP contribution in [-0.2, 0) is 12.8 Å². The van der Waals surface area contributed by atoms with Crippen LogP contribution in [0.4, 0.5) is 10.1 Å². The molecule has 2 N–H and O–H groups in total. The summed E-state index contributed by atoms with van der Waals surface area (Å²) in [4.78, 5) is 12.7. The number of halogens is 2. The number of carbonyl (C=O) groups excluding carboxylic acids is 1. The molecule has 0 unspecified atom stereocenters. The number of anilines is 1. The molecule has 0 saturated heterocycles. The van der Waals surface area contributed by atoms with Gasteiger partial charge in [-0.05, 0) is 49.6 Å². The van der Waals surface area contributed by atoms with E-state index in [0.717, 1.165) is 17.7 Å². The lowest BCUT2D eigenvalue weighted by Crippen LogP contribution is -2.15. The van der Waals surface area contributed by atoms with Crippen molar-refractivity contribution in [1.29, 1.82) is 0 Å². The topological polar surface area (TPSA) is 67.2 Å². The average Bonchev–Trinajstić information content (AvgIpc) is 3.20. The molecule has 7 heteroatoms. The van der Waals surface area contributed by atoms with Crippen LogP contribution < -0.4 is 5.32 Å². The third-order valence-electron chi connectivity index (χ3n) is 4.44. The standard InChI is InChI=1S/C19H15ClFN3O2/c20-11-8-9-16(13(21)10-11)24-15-6-3-4-12(15)18(23-24)19(26)22-14-5-1-2-7-17(14)25/h1-2,5,7-10,25H,3-4,6H2,(H,22,26). The summed E-state index contributed by atoms with van der Waals surface area (Å²) >= 11 is 5.82. The Morgan fingerprint density at radius 2 is 2.04 bits per heavy atom. The molecule has 26 heavy (non-hydrogen) atoms. The Hall–Kier alpha value is -2.86. The Morgan fingerprint density at radius 3 is 2.81 bits per heavy atom. The SMILES string of the molecule is O=C(Nc1ccccc1O)c1nn(-c2ccc(Cl)cc2F)c2c1CCC2. The Labute approximate surface area is 154 Å². The van der Waals surface area contributed by atoms with E-state index >= 15 is 0 Å². The van der Waals surface area contributed by atoms with Gasteiger partial charge in [-0.15, -0.1) is 0 Å². The van der Waals surface area contributed by atoms with Crippen molar-refractivity contribution in [3.05, 3.63) is 70.3 Å². The molecule has 0 bridgehead atoms. The summed E-state index contributed by atoms with van der Waals surface area (Å²) in [5.74, 6) is -0.958. The first-order valence-corrected chi connectivity index (χ1v) is 8.58. The predicted molar refractivity (Wildman–Crippen MR) is 96.6 cm³/mol. The van der Waals surface area contributed by atoms with E-state index in [4.69, 9.17) is 11.6 Å². The van der Waals surface area contributed by atoms with Crippen LogP contribution in [0.3, 0.4) is 0 Å². The lowest BCUT2D eigenvalue weighted by Gasteiger charge is -2.07.